The molecule has 0 spiro atoms. The molecule has 0 radical (unpaired) electrons. The third-order valence-electron chi connectivity index (χ3n) is 6.78. The summed E-state index contributed by atoms with van der Waals surface area (Å²) in [5.74, 6) is 1.25. The van der Waals surface area contributed by atoms with Crippen molar-refractivity contribution in [1.29, 1.82) is 0 Å². The number of piperazine rings is 1. The lowest BCUT2D eigenvalue weighted by molar-refractivity contribution is 0.0196. The molecule has 1 saturated carbocycles. The Morgan fingerprint density at radius 2 is 1.88 bits per heavy atom. The molecule has 0 aromatic carbocycles. The Labute approximate surface area is 201 Å². The molecule has 1 aliphatic carbocycles. The van der Waals surface area contributed by atoms with Gasteiger partial charge in [-0.05, 0) is 58.2 Å². The molecule has 3 heterocycles. The van der Waals surface area contributed by atoms with Crippen molar-refractivity contribution >= 4 is 29.0 Å². The second-order valence-corrected chi connectivity index (χ2v) is 9.67. The highest BCUT2D eigenvalue weighted by molar-refractivity contribution is 5.96. The lowest BCUT2D eigenvalue weighted by atomic mass is 9.83. The number of carbonyl (C=O) groups excluding carboxylic acids is 1. The highest BCUT2D eigenvalue weighted by atomic mass is 16.3. The minimum Gasteiger partial charge on any atom is -0.390 e. The lowest BCUT2D eigenvalue weighted by Crippen LogP contribution is -2.44. The van der Waals surface area contributed by atoms with Crippen molar-refractivity contribution in [2.75, 3.05) is 48.8 Å². The second-order valence-electron chi connectivity index (χ2n) is 9.67. The number of aromatic nitrogens is 3. The fourth-order valence-corrected chi connectivity index (χ4v) is 4.49. The number of aliphatic hydroxyl groups is 1. The zero-order chi connectivity index (χ0) is 24.3. The van der Waals surface area contributed by atoms with Crippen LogP contribution in [-0.2, 0) is 6.42 Å². The lowest BCUT2D eigenvalue weighted by Gasteiger charge is -2.34. The van der Waals surface area contributed by atoms with E-state index in [1.165, 1.54) is 0 Å². The van der Waals surface area contributed by atoms with Crippen LogP contribution >= 0.6 is 0 Å². The number of rotatable bonds is 7. The fourth-order valence-electron chi connectivity index (χ4n) is 4.49. The smallest absolute Gasteiger partial charge is 0.271 e. The number of nitrogens with one attached hydrogen (secondary N) is 2. The summed E-state index contributed by atoms with van der Waals surface area (Å²) in [7, 11) is 2.12. The minimum absolute atomic E-state index is 0.108. The Kier molecular flexibility index (Phi) is 7.18. The van der Waals surface area contributed by atoms with E-state index in [1.807, 2.05) is 26.0 Å². The zero-order valence-corrected chi connectivity index (χ0v) is 20.3. The molecule has 1 aliphatic heterocycles. The van der Waals surface area contributed by atoms with Crippen molar-refractivity contribution < 1.29 is 9.90 Å². The molecule has 10 heteroatoms. The minimum atomic E-state index is -0.632. The van der Waals surface area contributed by atoms with Crippen molar-refractivity contribution in [3.05, 3.63) is 29.7 Å². The molecule has 1 saturated heterocycles. The number of amides is 1. The van der Waals surface area contributed by atoms with E-state index in [0.717, 1.165) is 57.7 Å². The molecule has 10 nitrogen and oxygen atoms in total. The maximum absolute atomic E-state index is 12.1. The first-order valence-corrected chi connectivity index (χ1v) is 12.1. The summed E-state index contributed by atoms with van der Waals surface area (Å²) < 4.78 is 0. The van der Waals surface area contributed by atoms with Gasteiger partial charge >= 0.3 is 0 Å². The van der Waals surface area contributed by atoms with E-state index in [0.29, 0.717) is 29.4 Å². The number of carbonyl (C=O) groups is 1. The Hall–Kier alpha value is -2.98. The van der Waals surface area contributed by atoms with Crippen LogP contribution in [0.2, 0.25) is 0 Å². The maximum atomic E-state index is 12.1. The molecule has 2 aliphatic rings. The number of nitrogens with zero attached hydrogens (tertiary/aromatic N) is 5. The monoisotopic (exact) mass is 468 g/mol. The fraction of sp³-hybridized carbons (Fsp3) is 0.583. The van der Waals surface area contributed by atoms with E-state index in [9.17, 15) is 9.90 Å². The first-order chi connectivity index (χ1) is 16.2. The number of pyridine rings is 1. The summed E-state index contributed by atoms with van der Waals surface area (Å²) in [6.45, 7) is 7.76. The number of aryl methyl sites for hydroxylation is 1. The van der Waals surface area contributed by atoms with Crippen LogP contribution in [0.1, 0.15) is 55.7 Å². The first-order valence-electron chi connectivity index (χ1n) is 12.1. The molecular formula is C24H36N8O2. The Morgan fingerprint density at radius 1 is 1.18 bits per heavy atom. The van der Waals surface area contributed by atoms with Crippen LogP contribution in [0.5, 0.6) is 0 Å². The molecule has 0 atom stereocenters. The van der Waals surface area contributed by atoms with Gasteiger partial charge in [0.15, 0.2) is 11.5 Å². The summed E-state index contributed by atoms with van der Waals surface area (Å²) in [4.78, 5) is 30.6. The third-order valence-corrected chi connectivity index (χ3v) is 6.78. The van der Waals surface area contributed by atoms with E-state index >= 15 is 0 Å². The third kappa shape index (κ3) is 5.74. The average molecular weight is 469 g/mol. The van der Waals surface area contributed by atoms with Gasteiger partial charge < -0.3 is 31.3 Å². The molecule has 34 heavy (non-hydrogen) atoms. The van der Waals surface area contributed by atoms with Gasteiger partial charge in [-0.25, -0.2) is 15.0 Å². The van der Waals surface area contributed by atoms with E-state index in [2.05, 4.69) is 37.4 Å². The van der Waals surface area contributed by atoms with E-state index in [4.69, 9.17) is 10.7 Å². The van der Waals surface area contributed by atoms with Crippen LogP contribution in [-0.4, -0.2) is 75.7 Å². The van der Waals surface area contributed by atoms with Crippen molar-refractivity contribution in [3.63, 3.8) is 0 Å². The Morgan fingerprint density at radius 3 is 2.47 bits per heavy atom. The predicted molar refractivity (Wildman–Crippen MR) is 134 cm³/mol. The molecule has 2 fully saturated rings. The maximum Gasteiger partial charge on any atom is 0.271 e. The first kappa shape index (κ1) is 24.2. The van der Waals surface area contributed by atoms with Gasteiger partial charge in [0.05, 0.1) is 23.2 Å². The van der Waals surface area contributed by atoms with Gasteiger partial charge in [0, 0.05) is 32.2 Å². The van der Waals surface area contributed by atoms with E-state index < -0.39 is 11.5 Å². The molecule has 0 bridgehead atoms. The van der Waals surface area contributed by atoms with Crippen LogP contribution in [0, 0.1) is 0 Å². The largest absolute Gasteiger partial charge is 0.390 e. The molecule has 2 aromatic heterocycles. The van der Waals surface area contributed by atoms with Crippen LogP contribution in [0.3, 0.4) is 0 Å². The van der Waals surface area contributed by atoms with Crippen LogP contribution in [0.25, 0.3) is 0 Å². The van der Waals surface area contributed by atoms with Crippen molar-refractivity contribution in [2.24, 2.45) is 5.73 Å². The quantitative estimate of drug-likeness (QED) is 0.482. The molecule has 2 aromatic rings. The van der Waals surface area contributed by atoms with Gasteiger partial charge in [-0.3, -0.25) is 4.79 Å². The zero-order valence-electron chi connectivity index (χ0n) is 20.3. The van der Waals surface area contributed by atoms with Gasteiger partial charge in [0.2, 0.25) is 0 Å². The molecule has 5 N–H and O–H groups in total. The Bertz CT molecular complexity index is 993. The van der Waals surface area contributed by atoms with Crippen molar-refractivity contribution in [3.8, 4) is 0 Å². The molecule has 184 valence electrons. The van der Waals surface area contributed by atoms with Crippen molar-refractivity contribution in [1.82, 2.24) is 19.9 Å². The van der Waals surface area contributed by atoms with Gasteiger partial charge in [-0.2, -0.15) is 0 Å². The van der Waals surface area contributed by atoms with Gasteiger partial charge in [-0.15, -0.1) is 0 Å². The van der Waals surface area contributed by atoms with Crippen molar-refractivity contribution in [2.45, 2.75) is 57.6 Å². The highest BCUT2D eigenvalue weighted by Gasteiger charge is 2.29. The van der Waals surface area contributed by atoms with E-state index in [1.54, 1.807) is 6.20 Å². The number of nitrogens with two attached hydrogens (primary N) is 1. The average Bonchev–Trinajstić information content (AvgIpc) is 2.81. The number of likely N-dealkylation sites (N-methyl/N-ethyl adjacent to an activating group) is 1. The molecule has 1 amide bonds. The van der Waals surface area contributed by atoms with Gasteiger partial charge in [0.25, 0.3) is 5.91 Å². The normalized spacial score (nSPS) is 23.5. The van der Waals surface area contributed by atoms with Crippen LogP contribution in [0.4, 0.5) is 23.1 Å². The van der Waals surface area contributed by atoms with E-state index in [-0.39, 0.29) is 11.7 Å². The van der Waals surface area contributed by atoms with Gasteiger partial charge in [-0.1, -0.05) is 6.92 Å². The standard InChI is InChI=1S/C24H36N8O2/c1-4-18-22(27-16-7-9-24(2,34)10-8-16)30-23(20(29-18)21(25)33)28-17-5-6-19(26-15-17)32-13-11-31(3)12-14-32/h5-6,15-16,34H,4,7-14H2,1-3H3,(H2,25,33)(H2,27,28,30)/t16-,24+. The summed E-state index contributed by atoms with van der Waals surface area (Å²) >= 11 is 0. The topological polar surface area (TPSA) is 133 Å². The molecule has 4 rings (SSSR count). The number of hydrogen-bond acceptors (Lipinski definition) is 9. The summed E-state index contributed by atoms with van der Waals surface area (Å²) in [6.07, 6.45) is 5.50. The summed E-state index contributed by atoms with van der Waals surface area (Å²) in [5, 5.41) is 16.9. The number of hydrogen-bond donors (Lipinski definition) is 4. The SMILES string of the molecule is CCc1nc(C(N)=O)c(Nc2ccc(N3CCN(C)CC3)nc2)nc1N[C@H]1CC[C@@](C)(O)CC1. The Balaban J connectivity index is 1.53. The second kappa shape index (κ2) is 10.1. The highest BCUT2D eigenvalue weighted by Crippen LogP contribution is 2.31. The summed E-state index contributed by atoms with van der Waals surface area (Å²) in [6, 6.07) is 4.09. The van der Waals surface area contributed by atoms with Crippen LogP contribution < -0.4 is 21.3 Å². The molecule has 0 unspecified atom stereocenters. The van der Waals surface area contributed by atoms with Gasteiger partial charge in [0.1, 0.15) is 11.6 Å². The number of primary amides is 1. The molecular weight excluding hydrogens is 432 g/mol. The number of anilines is 4. The van der Waals surface area contributed by atoms with Crippen LogP contribution in [0.15, 0.2) is 18.3 Å². The predicted octanol–water partition coefficient (Wildman–Crippen LogP) is 2.13. The summed E-state index contributed by atoms with van der Waals surface area (Å²) in [5.41, 5.74) is 6.54.